The maximum absolute atomic E-state index is 6.73. The zero-order chi connectivity index (χ0) is 17.1. The van der Waals surface area contributed by atoms with Gasteiger partial charge >= 0.3 is 8.80 Å². The molecule has 2 bridgehead atoms. The van der Waals surface area contributed by atoms with Crippen LogP contribution in [0.3, 0.4) is 0 Å². The van der Waals surface area contributed by atoms with Crippen LogP contribution in [0.1, 0.15) is 92.9 Å². The Hall–Kier alpha value is 0.0969. The number of hydrogen-bond donors (Lipinski definition) is 0. The molecule has 0 aliphatic heterocycles. The first kappa shape index (κ1) is 19.4. The summed E-state index contributed by atoms with van der Waals surface area (Å²) >= 11 is 0. The van der Waals surface area contributed by atoms with E-state index in [2.05, 4.69) is 41.5 Å². The van der Waals surface area contributed by atoms with Gasteiger partial charge in [-0.2, -0.15) is 0 Å². The van der Waals surface area contributed by atoms with E-state index in [1.807, 2.05) is 0 Å². The topological polar surface area (TPSA) is 27.7 Å². The van der Waals surface area contributed by atoms with Crippen molar-refractivity contribution in [3.8, 4) is 0 Å². The molecule has 3 atom stereocenters. The van der Waals surface area contributed by atoms with Crippen molar-refractivity contribution in [1.82, 2.24) is 0 Å². The van der Waals surface area contributed by atoms with Crippen LogP contribution in [0.5, 0.6) is 0 Å². The highest BCUT2D eigenvalue weighted by Crippen LogP contribution is 2.65. The third-order valence-corrected chi connectivity index (χ3v) is 10.3. The lowest BCUT2D eigenvalue weighted by Crippen LogP contribution is -2.59. The molecule has 0 aromatic rings. The summed E-state index contributed by atoms with van der Waals surface area (Å²) in [4.78, 5) is 0. The van der Waals surface area contributed by atoms with Gasteiger partial charge in [-0.1, -0.05) is 20.8 Å². The molecule has 2 aliphatic rings. The van der Waals surface area contributed by atoms with Gasteiger partial charge in [-0.15, -0.1) is 0 Å². The van der Waals surface area contributed by atoms with Crippen LogP contribution in [0.2, 0.25) is 5.04 Å². The third kappa shape index (κ3) is 4.02. The summed E-state index contributed by atoms with van der Waals surface area (Å²) in [5.74, 6) is 0.878. The van der Waals surface area contributed by atoms with Crippen molar-refractivity contribution in [3.05, 3.63) is 0 Å². The van der Waals surface area contributed by atoms with Crippen LogP contribution >= 0.6 is 0 Å². The maximum atomic E-state index is 6.73. The summed E-state index contributed by atoms with van der Waals surface area (Å²) in [6, 6.07) is 0. The Morgan fingerprint density at radius 1 is 0.826 bits per heavy atom. The Kier molecular flexibility index (Phi) is 6.74. The zero-order valence-electron chi connectivity index (χ0n) is 16.2. The highest BCUT2D eigenvalue weighted by molar-refractivity contribution is 6.64. The average Bonchev–Trinajstić information content (AvgIpc) is 3.16. The summed E-state index contributed by atoms with van der Waals surface area (Å²) in [7, 11) is -2.72. The molecule has 2 saturated carbocycles. The summed E-state index contributed by atoms with van der Waals surface area (Å²) in [6.07, 6.45) is 10.1. The molecule has 0 radical (unpaired) electrons. The van der Waals surface area contributed by atoms with Crippen LogP contribution in [0.25, 0.3) is 0 Å². The van der Waals surface area contributed by atoms with E-state index in [0.717, 1.165) is 25.2 Å². The van der Waals surface area contributed by atoms with Crippen molar-refractivity contribution >= 4 is 8.80 Å². The predicted octanol–water partition coefficient (Wildman–Crippen LogP) is 5.70. The summed E-state index contributed by atoms with van der Waals surface area (Å²) in [6.45, 7) is 13.1. The van der Waals surface area contributed by atoms with Gasteiger partial charge < -0.3 is 13.3 Å². The van der Waals surface area contributed by atoms with E-state index in [0.29, 0.717) is 0 Å². The molecule has 4 heteroatoms. The van der Waals surface area contributed by atoms with Gasteiger partial charge in [-0.05, 0) is 78.1 Å². The fourth-order valence-corrected chi connectivity index (χ4v) is 8.57. The lowest BCUT2D eigenvalue weighted by atomic mass is 10.0. The first-order chi connectivity index (χ1) is 10.9. The molecule has 0 aromatic heterocycles. The summed E-state index contributed by atoms with van der Waals surface area (Å²) in [5.41, 5.74) is 0. The SMILES string of the molecule is CCC(C)O[Si](OC(C)CC)(OC(C)CC)C12CCC(CC1)C2. The number of rotatable bonds is 10. The van der Waals surface area contributed by atoms with Crippen molar-refractivity contribution in [2.75, 3.05) is 0 Å². The molecule has 0 heterocycles. The molecule has 0 spiro atoms. The first-order valence-corrected chi connectivity index (χ1v) is 11.7. The van der Waals surface area contributed by atoms with Gasteiger partial charge in [-0.25, -0.2) is 0 Å². The molecule has 2 fully saturated rings. The molecule has 136 valence electrons. The Labute approximate surface area is 144 Å². The molecular weight excluding hydrogens is 304 g/mol. The number of fused-ring (bicyclic) bond motifs is 2. The molecular formula is C19H38O3Si. The largest absolute Gasteiger partial charge is 0.508 e. The van der Waals surface area contributed by atoms with Gasteiger partial charge in [0.2, 0.25) is 0 Å². The summed E-state index contributed by atoms with van der Waals surface area (Å²) in [5, 5.41) is 0.188. The second-order valence-corrected chi connectivity index (χ2v) is 10.9. The maximum Gasteiger partial charge on any atom is 0.508 e. The Balaban J connectivity index is 2.35. The lowest BCUT2D eigenvalue weighted by Gasteiger charge is -2.46. The Morgan fingerprint density at radius 2 is 1.22 bits per heavy atom. The molecule has 3 nitrogen and oxygen atoms in total. The molecule has 0 amide bonds. The van der Waals surface area contributed by atoms with Gasteiger partial charge in [0.1, 0.15) is 0 Å². The Bertz CT molecular complexity index is 334. The molecule has 3 unspecified atom stereocenters. The van der Waals surface area contributed by atoms with E-state index in [1.165, 1.54) is 32.1 Å². The quantitative estimate of drug-likeness (QED) is 0.476. The smallest absolute Gasteiger partial charge is 0.370 e. The van der Waals surface area contributed by atoms with E-state index in [4.69, 9.17) is 13.3 Å². The van der Waals surface area contributed by atoms with Gasteiger partial charge in [0.15, 0.2) is 0 Å². The van der Waals surface area contributed by atoms with Crippen LogP contribution in [-0.2, 0) is 13.3 Å². The van der Waals surface area contributed by atoms with E-state index in [9.17, 15) is 0 Å². The first-order valence-electron chi connectivity index (χ1n) is 9.93. The van der Waals surface area contributed by atoms with Crippen molar-refractivity contribution in [2.24, 2.45) is 5.92 Å². The lowest BCUT2D eigenvalue weighted by molar-refractivity contribution is -0.0308. The van der Waals surface area contributed by atoms with E-state index < -0.39 is 8.80 Å². The van der Waals surface area contributed by atoms with Crippen LogP contribution < -0.4 is 0 Å². The fourth-order valence-electron chi connectivity index (χ4n) is 4.13. The fraction of sp³-hybridized carbons (Fsp3) is 1.00. The van der Waals surface area contributed by atoms with Crippen LogP contribution in [-0.4, -0.2) is 27.1 Å². The molecule has 2 aliphatic carbocycles. The average molecular weight is 343 g/mol. The minimum absolute atomic E-state index is 0.188. The Morgan fingerprint density at radius 3 is 1.48 bits per heavy atom. The van der Waals surface area contributed by atoms with Gasteiger partial charge in [-0.3, -0.25) is 0 Å². The van der Waals surface area contributed by atoms with Crippen molar-refractivity contribution in [2.45, 2.75) is 116 Å². The highest BCUT2D eigenvalue weighted by atomic mass is 28.4. The van der Waals surface area contributed by atoms with E-state index in [-0.39, 0.29) is 23.4 Å². The van der Waals surface area contributed by atoms with E-state index in [1.54, 1.807) is 0 Å². The normalized spacial score (nSPS) is 33.4. The standard InChI is InChI=1S/C19H38O3Si/c1-7-15(4)20-23(21-16(5)8-2,22-17(6)9-3)19-12-10-18(14-19)11-13-19/h15-18H,7-14H2,1-6H3. The summed E-state index contributed by atoms with van der Waals surface area (Å²) < 4.78 is 20.2. The molecule has 0 N–H and O–H groups in total. The van der Waals surface area contributed by atoms with Gasteiger partial charge in [0.05, 0.1) is 0 Å². The van der Waals surface area contributed by atoms with Crippen molar-refractivity contribution in [1.29, 1.82) is 0 Å². The van der Waals surface area contributed by atoms with Crippen molar-refractivity contribution < 1.29 is 13.3 Å². The minimum atomic E-state index is -2.72. The van der Waals surface area contributed by atoms with Gasteiger partial charge in [0.25, 0.3) is 0 Å². The molecule has 0 aromatic carbocycles. The zero-order valence-corrected chi connectivity index (χ0v) is 17.2. The molecule has 0 saturated heterocycles. The number of hydrogen-bond acceptors (Lipinski definition) is 3. The van der Waals surface area contributed by atoms with Crippen LogP contribution in [0, 0.1) is 5.92 Å². The van der Waals surface area contributed by atoms with Crippen molar-refractivity contribution in [3.63, 3.8) is 0 Å². The molecule has 2 rings (SSSR count). The second kappa shape index (κ2) is 7.98. The predicted molar refractivity (Wildman–Crippen MR) is 97.5 cm³/mol. The molecule has 23 heavy (non-hydrogen) atoms. The minimum Gasteiger partial charge on any atom is -0.370 e. The van der Waals surface area contributed by atoms with Crippen LogP contribution in [0.4, 0.5) is 0 Å². The van der Waals surface area contributed by atoms with E-state index >= 15 is 0 Å². The second-order valence-electron chi connectivity index (χ2n) is 7.99. The van der Waals surface area contributed by atoms with Gasteiger partial charge in [0, 0.05) is 23.4 Å². The van der Waals surface area contributed by atoms with Crippen LogP contribution in [0.15, 0.2) is 0 Å². The third-order valence-electron chi connectivity index (χ3n) is 6.18. The highest BCUT2D eigenvalue weighted by Gasteiger charge is 2.67. The monoisotopic (exact) mass is 342 g/mol.